The third-order valence-corrected chi connectivity index (χ3v) is 12.1. The van der Waals surface area contributed by atoms with Crippen LogP contribution in [0.1, 0.15) is 25.0 Å². The smallest absolute Gasteiger partial charge is 0.160 e. The zero-order valence-corrected chi connectivity index (χ0v) is 31.9. The summed E-state index contributed by atoms with van der Waals surface area (Å²) in [6, 6.07) is 70.2. The quantitative estimate of drug-likeness (QED) is 0.165. The van der Waals surface area contributed by atoms with Crippen LogP contribution in [0.3, 0.4) is 0 Å². The molecule has 0 radical (unpaired) electrons. The Kier molecular flexibility index (Phi) is 7.55. The summed E-state index contributed by atoms with van der Waals surface area (Å²) >= 11 is 0. The first-order chi connectivity index (χ1) is 28.0. The Bertz CT molecular complexity index is 3180. The second kappa shape index (κ2) is 13.0. The number of hydrogen-bond donors (Lipinski definition) is 0. The molecule has 0 bridgehead atoms. The molecule has 0 amide bonds. The van der Waals surface area contributed by atoms with E-state index in [9.17, 15) is 0 Å². The Morgan fingerprint density at radius 3 is 1.49 bits per heavy atom. The molecule has 9 aromatic carbocycles. The molecule has 0 atom stereocenters. The summed E-state index contributed by atoms with van der Waals surface area (Å²) < 4.78 is 0. The largest absolute Gasteiger partial charge is 0.228 e. The lowest BCUT2D eigenvalue weighted by Gasteiger charge is -2.22. The molecular weight excluding hydrogens is 689 g/mol. The second-order valence-corrected chi connectivity index (χ2v) is 15.7. The second-order valence-electron chi connectivity index (χ2n) is 15.7. The topological polar surface area (TPSA) is 25.8 Å². The lowest BCUT2D eigenvalue weighted by atomic mass is 9.82. The standard InChI is InChI=1S/C55H38N2/c1-55(2)50-26-13-12-25-47(50)48-30-28-39(33-51(48)55)54-56-52(37-18-14-17-36(31-37)41-20-7-6-19-40(41)35-15-4-3-5-16-35)34-53(57-54)38-27-29-46-44-23-9-8-21-42(44)43-22-10-11-24-45(43)49(46)32-38/h3-34H,1-2H3. The minimum Gasteiger partial charge on any atom is -0.228 e. The molecule has 0 fully saturated rings. The van der Waals surface area contributed by atoms with Crippen molar-refractivity contribution in [3.8, 4) is 67.3 Å². The summed E-state index contributed by atoms with van der Waals surface area (Å²) in [5.74, 6) is 0.718. The molecule has 1 aliphatic rings. The van der Waals surface area contributed by atoms with E-state index in [1.807, 2.05) is 0 Å². The molecule has 2 nitrogen and oxygen atoms in total. The van der Waals surface area contributed by atoms with Gasteiger partial charge in [0, 0.05) is 22.1 Å². The maximum absolute atomic E-state index is 5.39. The first kappa shape index (κ1) is 33.2. The molecule has 0 unspecified atom stereocenters. The van der Waals surface area contributed by atoms with Crippen molar-refractivity contribution in [1.82, 2.24) is 9.97 Å². The van der Waals surface area contributed by atoms with Crippen molar-refractivity contribution in [2.75, 3.05) is 0 Å². The number of rotatable bonds is 5. The molecule has 0 saturated carbocycles. The van der Waals surface area contributed by atoms with Crippen LogP contribution in [0, 0.1) is 0 Å². The zero-order valence-electron chi connectivity index (χ0n) is 31.9. The van der Waals surface area contributed by atoms with Crippen LogP contribution in [0.15, 0.2) is 194 Å². The normalized spacial score (nSPS) is 12.9. The van der Waals surface area contributed by atoms with Gasteiger partial charge in [-0.25, -0.2) is 9.97 Å². The third kappa shape index (κ3) is 5.40. The van der Waals surface area contributed by atoms with E-state index in [-0.39, 0.29) is 5.41 Å². The van der Waals surface area contributed by atoms with Crippen molar-refractivity contribution in [3.63, 3.8) is 0 Å². The Morgan fingerprint density at radius 1 is 0.298 bits per heavy atom. The monoisotopic (exact) mass is 726 g/mol. The predicted molar refractivity (Wildman–Crippen MR) is 239 cm³/mol. The first-order valence-corrected chi connectivity index (χ1v) is 19.7. The molecule has 1 aromatic heterocycles. The molecule has 0 aliphatic heterocycles. The van der Waals surface area contributed by atoms with Crippen molar-refractivity contribution in [1.29, 1.82) is 0 Å². The van der Waals surface area contributed by atoms with Crippen LogP contribution >= 0.6 is 0 Å². The molecule has 0 N–H and O–H groups in total. The fourth-order valence-corrected chi connectivity index (χ4v) is 9.23. The van der Waals surface area contributed by atoms with E-state index in [2.05, 4.69) is 208 Å². The summed E-state index contributed by atoms with van der Waals surface area (Å²) in [7, 11) is 0. The molecule has 11 rings (SSSR count). The van der Waals surface area contributed by atoms with Gasteiger partial charge in [0.2, 0.25) is 0 Å². The lowest BCUT2D eigenvalue weighted by Crippen LogP contribution is -2.15. The van der Waals surface area contributed by atoms with Gasteiger partial charge in [-0.1, -0.05) is 184 Å². The molecule has 10 aromatic rings. The Balaban J connectivity index is 1.11. The molecule has 1 heterocycles. The summed E-state index contributed by atoms with van der Waals surface area (Å²) in [4.78, 5) is 10.8. The van der Waals surface area contributed by atoms with Crippen LogP contribution in [0.4, 0.5) is 0 Å². The van der Waals surface area contributed by atoms with Gasteiger partial charge in [-0.2, -0.15) is 0 Å². The zero-order chi connectivity index (χ0) is 38.1. The summed E-state index contributed by atoms with van der Waals surface area (Å²) in [6.07, 6.45) is 0. The summed E-state index contributed by atoms with van der Waals surface area (Å²) in [6.45, 7) is 4.65. The van der Waals surface area contributed by atoms with Gasteiger partial charge in [-0.05, 0) is 101 Å². The van der Waals surface area contributed by atoms with Crippen LogP contribution in [0.5, 0.6) is 0 Å². The van der Waals surface area contributed by atoms with E-state index >= 15 is 0 Å². The molecule has 57 heavy (non-hydrogen) atoms. The first-order valence-electron chi connectivity index (χ1n) is 19.7. The van der Waals surface area contributed by atoms with E-state index in [0.717, 1.165) is 39.5 Å². The van der Waals surface area contributed by atoms with Gasteiger partial charge in [0.15, 0.2) is 5.82 Å². The van der Waals surface area contributed by atoms with Gasteiger partial charge in [-0.3, -0.25) is 0 Å². The van der Waals surface area contributed by atoms with Gasteiger partial charge in [-0.15, -0.1) is 0 Å². The van der Waals surface area contributed by atoms with Crippen LogP contribution < -0.4 is 0 Å². The average molecular weight is 727 g/mol. The van der Waals surface area contributed by atoms with E-state index in [1.165, 1.54) is 71.3 Å². The highest BCUT2D eigenvalue weighted by Crippen LogP contribution is 2.49. The Morgan fingerprint density at radius 2 is 0.789 bits per heavy atom. The average Bonchev–Trinajstić information content (AvgIpc) is 3.51. The van der Waals surface area contributed by atoms with E-state index in [4.69, 9.17) is 9.97 Å². The predicted octanol–water partition coefficient (Wildman–Crippen LogP) is 14.6. The van der Waals surface area contributed by atoms with Gasteiger partial charge in [0.1, 0.15) is 0 Å². The van der Waals surface area contributed by atoms with Crippen LogP contribution in [0.25, 0.3) is 99.6 Å². The number of aromatic nitrogens is 2. The lowest BCUT2D eigenvalue weighted by molar-refractivity contribution is 0.660. The van der Waals surface area contributed by atoms with Crippen LogP contribution in [-0.4, -0.2) is 9.97 Å². The van der Waals surface area contributed by atoms with Crippen LogP contribution in [0.2, 0.25) is 0 Å². The number of nitrogens with zero attached hydrogens (tertiary/aromatic N) is 2. The van der Waals surface area contributed by atoms with E-state index < -0.39 is 0 Å². The fraction of sp³-hybridized carbons (Fsp3) is 0.0545. The number of benzene rings is 9. The maximum atomic E-state index is 5.39. The molecular formula is C55H38N2. The maximum Gasteiger partial charge on any atom is 0.160 e. The molecule has 268 valence electrons. The number of fused-ring (bicyclic) bond motifs is 9. The van der Waals surface area contributed by atoms with Gasteiger partial charge >= 0.3 is 0 Å². The SMILES string of the molecule is CC1(C)c2ccccc2-c2ccc(-c3nc(-c4cccc(-c5ccccc5-c5ccccc5)c4)cc(-c4ccc5c6ccccc6c6ccccc6c5c4)n3)cc21. The van der Waals surface area contributed by atoms with E-state index in [0.29, 0.717) is 0 Å². The Hall–Kier alpha value is -7.16. The molecule has 2 heteroatoms. The van der Waals surface area contributed by atoms with Gasteiger partial charge in [0.05, 0.1) is 11.4 Å². The van der Waals surface area contributed by atoms with Crippen LogP contribution in [-0.2, 0) is 5.41 Å². The minimum atomic E-state index is -0.134. The number of hydrogen-bond acceptors (Lipinski definition) is 2. The summed E-state index contributed by atoms with van der Waals surface area (Å²) in [5.41, 5.74) is 14.8. The van der Waals surface area contributed by atoms with Gasteiger partial charge in [0.25, 0.3) is 0 Å². The van der Waals surface area contributed by atoms with Crippen molar-refractivity contribution >= 4 is 32.3 Å². The molecule has 1 aliphatic carbocycles. The highest BCUT2D eigenvalue weighted by molar-refractivity contribution is 6.25. The minimum absolute atomic E-state index is 0.134. The third-order valence-electron chi connectivity index (χ3n) is 12.1. The summed E-state index contributed by atoms with van der Waals surface area (Å²) in [5, 5.41) is 7.50. The highest BCUT2D eigenvalue weighted by Gasteiger charge is 2.35. The molecule has 0 spiro atoms. The molecule has 0 saturated heterocycles. The highest BCUT2D eigenvalue weighted by atomic mass is 14.9. The Labute approximate surface area is 332 Å². The van der Waals surface area contributed by atoms with Crippen molar-refractivity contribution in [3.05, 3.63) is 205 Å². The van der Waals surface area contributed by atoms with Crippen molar-refractivity contribution in [2.24, 2.45) is 0 Å². The van der Waals surface area contributed by atoms with Gasteiger partial charge < -0.3 is 0 Å². The fourth-order valence-electron chi connectivity index (χ4n) is 9.23. The van der Waals surface area contributed by atoms with Crippen molar-refractivity contribution in [2.45, 2.75) is 19.3 Å². The van der Waals surface area contributed by atoms with E-state index in [1.54, 1.807) is 0 Å². The van der Waals surface area contributed by atoms with Crippen molar-refractivity contribution < 1.29 is 0 Å².